The van der Waals surface area contributed by atoms with Crippen LogP contribution in [0.4, 0.5) is 4.39 Å². The van der Waals surface area contributed by atoms with Crippen LogP contribution in [0.3, 0.4) is 0 Å². The smallest absolute Gasteiger partial charge is 0.252 e. The molecular formula is C14H17BrFNO. The van der Waals surface area contributed by atoms with Gasteiger partial charge in [-0.2, -0.15) is 0 Å². The first-order chi connectivity index (χ1) is 8.68. The Bertz CT molecular complexity index is 430. The Kier molecular flexibility index (Phi) is 4.75. The number of amides is 1. The van der Waals surface area contributed by atoms with Crippen molar-refractivity contribution < 1.29 is 9.18 Å². The van der Waals surface area contributed by atoms with Gasteiger partial charge in [0.1, 0.15) is 5.82 Å². The Balaban J connectivity index is 1.85. The van der Waals surface area contributed by atoms with Crippen molar-refractivity contribution in [2.45, 2.75) is 32.1 Å². The third kappa shape index (κ3) is 3.31. The molecule has 18 heavy (non-hydrogen) atoms. The van der Waals surface area contributed by atoms with Crippen molar-refractivity contribution >= 4 is 21.8 Å². The summed E-state index contributed by atoms with van der Waals surface area (Å²) in [6.07, 6.45) is 6.21. The van der Waals surface area contributed by atoms with Crippen LogP contribution >= 0.6 is 15.9 Å². The van der Waals surface area contributed by atoms with Gasteiger partial charge in [-0.15, -0.1) is 0 Å². The molecule has 1 aromatic rings. The van der Waals surface area contributed by atoms with E-state index in [1.54, 1.807) is 12.1 Å². The summed E-state index contributed by atoms with van der Waals surface area (Å²) in [6.45, 7) is 0.673. The first-order valence-corrected chi connectivity index (χ1v) is 7.20. The van der Waals surface area contributed by atoms with Crippen molar-refractivity contribution in [3.05, 3.63) is 34.1 Å². The van der Waals surface area contributed by atoms with E-state index in [0.29, 0.717) is 12.1 Å². The molecule has 0 atom stereocenters. The maximum Gasteiger partial charge on any atom is 0.252 e. The molecule has 98 valence electrons. The molecular weight excluding hydrogens is 297 g/mol. The molecule has 1 saturated carbocycles. The average molecular weight is 314 g/mol. The van der Waals surface area contributed by atoms with Gasteiger partial charge in [0.15, 0.2) is 0 Å². The van der Waals surface area contributed by atoms with Gasteiger partial charge >= 0.3 is 0 Å². The lowest BCUT2D eigenvalue weighted by atomic mass is 10.0. The van der Waals surface area contributed by atoms with Crippen LogP contribution in [0.1, 0.15) is 42.5 Å². The summed E-state index contributed by atoms with van der Waals surface area (Å²) in [5.74, 6) is 0.138. The summed E-state index contributed by atoms with van der Waals surface area (Å²) in [5, 5.41) is 2.86. The molecule has 1 N–H and O–H groups in total. The van der Waals surface area contributed by atoms with Gasteiger partial charge in [-0.1, -0.05) is 31.7 Å². The van der Waals surface area contributed by atoms with Crippen LogP contribution in [-0.2, 0) is 0 Å². The highest BCUT2D eigenvalue weighted by molar-refractivity contribution is 9.10. The summed E-state index contributed by atoms with van der Waals surface area (Å²) >= 11 is 3.10. The van der Waals surface area contributed by atoms with Crippen LogP contribution in [0.15, 0.2) is 22.7 Å². The van der Waals surface area contributed by atoms with Crippen LogP contribution in [0.2, 0.25) is 0 Å². The van der Waals surface area contributed by atoms with E-state index in [4.69, 9.17) is 0 Å². The van der Waals surface area contributed by atoms with E-state index in [1.165, 1.54) is 31.7 Å². The highest BCUT2D eigenvalue weighted by Gasteiger charge is 2.16. The van der Waals surface area contributed by atoms with E-state index >= 15 is 0 Å². The van der Waals surface area contributed by atoms with Crippen LogP contribution < -0.4 is 5.32 Å². The SMILES string of the molecule is O=C(NCCC1CCCC1)c1cccc(F)c1Br. The summed E-state index contributed by atoms with van der Waals surface area (Å²) < 4.78 is 13.5. The van der Waals surface area contributed by atoms with Gasteiger partial charge in [-0.25, -0.2) is 4.39 Å². The number of halogens is 2. The minimum absolute atomic E-state index is 0.209. The third-order valence-corrected chi connectivity index (χ3v) is 4.32. The molecule has 0 bridgehead atoms. The van der Waals surface area contributed by atoms with Gasteiger partial charge in [-0.05, 0) is 40.4 Å². The Labute approximate surface area is 115 Å². The standard InChI is InChI=1S/C14H17BrFNO/c15-13-11(6-3-7-12(13)16)14(18)17-9-8-10-4-1-2-5-10/h3,6-7,10H,1-2,4-5,8-9H2,(H,17,18). The van der Waals surface area contributed by atoms with Gasteiger partial charge in [0.25, 0.3) is 5.91 Å². The van der Waals surface area contributed by atoms with Crippen LogP contribution in [-0.4, -0.2) is 12.5 Å². The Morgan fingerprint density at radius 1 is 1.39 bits per heavy atom. The summed E-state index contributed by atoms with van der Waals surface area (Å²) in [4.78, 5) is 11.9. The highest BCUT2D eigenvalue weighted by atomic mass is 79.9. The van der Waals surface area contributed by atoms with E-state index in [-0.39, 0.29) is 10.4 Å². The fourth-order valence-electron chi connectivity index (χ4n) is 2.46. The molecule has 1 aromatic carbocycles. The second kappa shape index (κ2) is 6.32. The van der Waals surface area contributed by atoms with Crippen molar-refractivity contribution in [2.75, 3.05) is 6.54 Å². The molecule has 0 aliphatic heterocycles. The normalized spacial score (nSPS) is 15.9. The first-order valence-electron chi connectivity index (χ1n) is 6.40. The molecule has 2 nitrogen and oxygen atoms in total. The monoisotopic (exact) mass is 313 g/mol. The molecule has 0 radical (unpaired) electrons. The van der Waals surface area contributed by atoms with E-state index in [9.17, 15) is 9.18 Å². The van der Waals surface area contributed by atoms with E-state index in [2.05, 4.69) is 21.2 Å². The van der Waals surface area contributed by atoms with Crippen LogP contribution in [0.25, 0.3) is 0 Å². The fraction of sp³-hybridized carbons (Fsp3) is 0.500. The van der Waals surface area contributed by atoms with Crippen molar-refractivity contribution in [3.63, 3.8) is 0 Å². The number of hydrogen-bond acceptors (Lipinski definition) is 1. The van der Waals surface area contributed by atoms with E-state index < -0.39 is 5.82 Å². The zero-order valence-electron chi connectivity index (χ0n) is 10.2. The van der Waals surface area contributed by atoms with Gasteiger partial charge < -0.3 is 5.32 Å². The maximum absolute atomic E-state index is 13.3. The first kappa shape index (κ1) is 13.5. The molecule has 4 heteroatoms. The molecule has 0 spiro atoms. The topological polar surface area (TPSA) is 29.1 Å². The predicted molar refractivity (Wildman–Crippen MR) is 73.0 cm³/mol. The zero-order chi connectivity index (χ0) is 13.0. The van der Waals surface area contributed by atoms with Gasteiger partial charge in [0.05, 0.1) is 10.0 Å². The Morgan fingerprint density at radius 3 is 2.83 bits per heavy atom. The van der Waals surface area contributed by atoms with Crippen molar-refractivity contribution in [3.8, 4) is 0 Å². The largest absolute Gasteiger partial charge is 0.352 e. The maximum atomic E-state index is 13.3. The number of carbonyl (C=O) groups excluding carboxylic acids is 1. The second-order valence-electron chi connectivity index (χ2n) is 4.80. The number of rotatable bonds is 4. The van der Waals surface area contributed by atoms with Crippen LogP contribution in [0.5, 0.6) is 0 Å². The molecule has 0 unspecified atom stereocenters. The molecule has 0 heterocycles. The Morgan fingerprint density at radius 2 is 2.11 bits per heavy atom. The molecule has 0 aromatic heterocycles. The van der Waals surface area contributed by atoms with Gasteiger partial charge in [-0.3, -0.25) is 4.79 Å². The third-order valence-electron chi connectivity index (χ3n) is 3.51. The molecule has 1 fully saturated rings. The van der Waals surface area contributed by atoms with Crippen LogP contribution in [0, 0.1) is 11.7 Å². The predicted octanol–water partition coefficient (Wildman–Crippen LogP) is 3.90. The quantitative estimate of drug-likeness (QED) is 0.897. The minimum Gasteiger partial charge on any atom is -0.352 e. The highest BCUT2D eigenvalue weighted by Crippen LogP contribution is 2.27. The summed E-state index contributed by atoms with van der Waals surface area (Å²) in [5.41, 5.74) is 0.362. The molecule has 1 aliphatic rings. The zero-order valence-corrected chi connectivity index (χ0v) is 11.8. The van der Waals surface area contributed by atoms with Crippen molar-refractivity contribution in [1.29, 1.82) is 0 Å². The molecule has 1 aliphatic carbocycles. The van der Waals surface area contributed by atoms with Crippen molar-refractivity contribution in [2.24, 2.45) is 5.92 Å². The molecule has 0 saturated heterocycles. The number of benzene rings is 1. The molecule has 2 rings (SSSR count). The summed E-state index contributed by atoms with van der Waals surface area (Å²) in [6, 6.07) is 4.50. The van der Waals surface area contributed by atoms with Gasteiger partial charge in [0.2, 0.25) is 0 Å². The number of nitrogens with one attached hydrogen (secondary N) is 1. The Hall–Kier alpha value is -0.900. The van der Waals surface area contributed by atoms with Gasteiger partial charge in [0, 0.05) is 6.54 Å². The molecule has 1 amide bonds. The fourth-order valence-corrected chi connectivity index (χ4v) is 2.91. The minimum atomic E-state index is -0.404. The lowest BCUT2D eigenvalue weighted by Gasteiger charge is -2.10. The lowest BCUT2D eigenvalue weighted by Crippen LogP contribution is -2.26. The lowest BCUT2D eigenvalue weighted by molar-refractivity contribution is 0.0950. The van der Waals surface area contributed by atoms with Crippen molar-refractivity contribution in [1.82, 2.24) is 5.32 Å². The summed E-state index contributed by atoms with van der Waals surface area (Å²) in [7, 11) is 0. The van der Waals surface area contributed by atoms with E-state index in [1.807, 2.05) is 0 Å². The average Bonchev–Trinajstić information content (AvgIpc) is 2.85. The number of hydrogen-bond donors (Lipinski definition) is 1. The second-order valence-corrected chi connectivity index (χ2v) is 5.59. The number of carbonyl (C=O) groups is 1. The van der Waals surface area contributed by atoms with E-state index in [0.717, 1.165) is 12.3 Å².